The number of aromatic amines is 1. The van der Waals surface area contributed by atoms with Gasteiger partial charge in [-0.15, -0.1) is 0 Å². The predicted molar refractivity (Wildman–Crippen MR) is 105 cm³/mol. The number of imidazole rings is 1. The lowest BCUT2D eigenvalue weighted by atomic mass is 10.2. The van der Waals surface area contributed by atoms with Crippen molar-refractivity contribution in [3.8, 4) is 0 Å². The van der Waals surface area contributed by atoms with E-state index in [1.165, 1.54) is 24.3 Å². The van der Waals surface area contributed by atoms with E-state index in [9.17, 15) is 26.4 Å². The first-order valence-corrected chi connectivity index (χ1v) is 10.7. The molecular weight excluding hydrogens is 437 g/mol. The number of H-pyrrole nitrogens is 1. The molecule has 2 heterocycles. The third-order valence-corrected chi connectivity index (χ3v) is 6.66. The highest BCUT2D eigenvalue weighted by molar-refractivity contribution is 7.89. The Morgan fingerprint density at radius 1 is 1.16 bits per heavy atom. The van der Waals surface area contributed by atoms with E-state index in [4.69, 9.17) is 4.74 Å². The summed E-state index contributed by atoms with van der Waals surface area (Å²) >= 11 is 0. The topological polar surface area (TPSA) is 104 Å². The van der Waals surface area contributed by atoms with Gasteiger partial charge in [-0.05, 0) is 36.4 Å². The molecular formula is C19H17F3N4O4S. The number of fused-ring (bicyclic) bond motifs is 1. The first-order chi connectivity index (χ1) is 14.8. The number of ether oxygens (including phenoxy) is 1. The van der Waals surface area contributed by atoms with Gasteiger partial charge >= 0.3 is 0 Å². The van der Waals surface area contributed by atoms with Gasteiger partial charge < -0.3 is 15.0 Å². The number of amides is 1. The maximum Gasteiger partial charge on any atom is 0.295 e. The molecule has 1 fully saturated rings. The summed E-state index contributed by atoms with van der Waals surface area (Å²) in [6.07, 6.45) is -2.78. The number of morpholine rings is 1. The van der Waals surface area contributed by atoms with Crippen LogP contribution in [0.2, 0.25) is 0 Å². The normalized spacial score (nSPS) is 15.5. The third-order valence-electron chi connectivity index (χ3n) is 4.75. The predicted octanol–water partition coefficient (Wildman–Crippen LogP) is 2.91. The van der Waals surface area contributed by atoms with Crippen LogP contribution in [0.25, 0.3) is 11.0 Å². The minimum absolute atomic E-state index is 0.0659. The van der Waals surface area contributed by atoms with E-state index in [0.717, 1.165) is 16.4 Å². The molecule has 1 saturated heterocycles. The number of aromatic nitrogens is 2. The van der Waals surface area contributed by atoms with Crippen molar-refractivity contribution in [2.24, 2.45) is 0 Å². The van der Waals surface area contributed by atoms with Crippen LogP contribution in [-0.4, -0.2) is 54.9 Å². The lowest BCUT2D eigenvalue weighted by Crippen LogP contribution is -2.40. The number of hydrogen-bond acceptors (Lipinski definition) is 5. The minimum Gasteiger partial charge on any atom is -0.379 e. The van der Waals surface area contributed by atoms with Crippen molar-refractivity contribution in [3.05, 3.63) is 53.6 Å². The summed E-state index contributed by atoms with van der Waals surface area (Å²) in [5, 5.41) is 2.50. The lowest BCUT2D eigenvalue weighted by Gasteiger charge is -2.26. The SMILES string of the molecule is O=C(Nc1ccc(F)c(S(=O)(=O)N2CCOCC2)c1)c1ccc2nc(C(F)F)[nH]c2c1. The average molecular weight is 454 g/mol. The molecule has 31 heavy (non-hydrogen) atoms. The van der Waals surface area contributed by atoms with Crippen molar-refractivity contribution >= 4 is 32.7 Å². The molecule has 0 radical (unpaired) electrons. The Morgan fingerprint density at radius 3 is 2.61 bits per heavy atom. The molecule has 1 aliphatic rings. The van der Waals surface area contributed by atoms with Gasteiger partial charge in [-0.3, -0.25) is 4.79 Å². The van der Waals surface area contributed by atoms with E-state index in [0.29, 0.717) is 0 Å². The van der Waals surface area contributed by atoms with Crippen LogP contribution in [0.1, 0.15) is 22.6 Å². The lowest BCUT2D eigenvalue weighted by molar-refractivity contribution is 0.0729. The number of rotatable bonds is 5. The number of anilines is 1. The van der Waals surface area contributed by atoms with Crippen LogP contribution in [0, 0.1) is 5.82 Å². The summed E-state index contributed by atoms with van der Waals surface area (Å²) in [6.45, 7) is 0.619. The fourth-order valence-corrected chi connectivity index (χ4v) is 4.68. The maximum absolute atomic E-state index is 14.3. The van der Waals surface area contributed by atoms with Gasteiger partial charge in [0.25, 0.3) is 12.3 Å². The Balaban J connectivity index is 1.58. The Hall–Kier alpha value is -2.96. The van der Waals surface area contributed by atoms with E-state index in [-0.39, 0.29) is 48.6 Å². The molecule has 1 aromatic heterocycles. The van der Waals surface area contributed by atoms with Gasteiger partial charge in [0.2, 0.25) is 10.0 Å². The fraction of sp³-hybridized carbons (Fsp3) is 0.263. The molecule has 0 spiro atoms. The number of benzene rings is 2. The molecule has 2 N–H and O–H groups in total. The zero-order valence-corrected chi connectivity index (χ0v) is 16.8. The molecule has 0 unspecified atom stereocenters. The standard InChI is InChI=1S/C19H17F3N4O4S/c20-13-3-2-12(10-16(13)31(28,29)26-5-7-30-8-6-26)23-19(27)11-1-4-14-15(9-11)25-18(24-14)17(21)22/h1-4,9-10,17H,5-8H2,(H,23,27)(H,24,25). The number of hydrogen-bond donors (Lipinski definition) is 2. The Morgan fingerprint density at radius 2 is 1.90 bits per heavy atom. The van der Waals surface area contributed by atoms with Crippen LogP contribution < -0.4 is 5.32 Å². The molecule has 1 aliphatic heterocycles. The zero-order chi connectivity index (χ0) is 22.2. The monoisotopic (exact) mass is 454 g/mol. The summed E-state index contributed by atoms with van der Waals surface area (Å²) in [7, 11) is -4.11. The number of carbonyl (C=O) groups is 1. The highest BCUT2D eigenvalue weighted by Gasteiger charge is 2.29. The summed E-state index contributed by atoms with van der Waals surface area (Å²) in [4.78, 5) is 18.2. The Bertz CT molecular complexity index is 1240. The van der Waals surface area contributed by atoms with E-state index in [1.54, 1.807) is 0 Å². The van der Waals surface area contributed by atoms with Crippen LogP contribution in [0.15, 0.2) is 41.3 Å². The zero-order valence-electron chi connectivity index (χ0n) is 15.9. The second-order valence-corrected chi connectivity index (χ2v) is 8.68. The molecule has 0 aliphatic carbocycles. The van der Waals surface area contributed by atoms with Crippen LogP contribution in [0.5, 0.6) is 0 Å². The minimum atomic E-state index is -4.11. The molecule has 4 rings (SSSR count). The first kappa shape index (κ1) is 21.3. The summed E-state index contributed by atoms with van der Waals surface area (Å²) in [5.74, 6) is -2.08. The second-order valence-electron chi connectivity index (χ2n) is 6.77. The van der Waals surface area contributed by atoms with Crippen molar-refractivity contribution in [2.75, 3.05) is 31.6 Å². The molecule has 3 aromatic rings. The van der Waals surface area contributed by atoms with Gasteiger partial charge in [0.1, 0.15) is 10.7 Å². The summed E-state index contributed by atoms with van der Waals surface area (Å²) in [5.41, 5.74) is 0.709. The van der Waals surface area contributed by atoms with Gasteiger partial charge in [0.05, 0.1) is 24.2 Å². The van der Waals surface area contributed by atoms with Gasteiger partial charge in [-0.25, -0.2) is 26.6 Å². The van der Waals surface area contributed by atoms with Crippen molar-refractivity contribution in [2.45, 2.75) is 11.3 Å². The van der Waals surface area contributed by atoms with E-state index >= 15 is 0 Å². The molecule has 0 atom stereocenters. The fourth-order valence-electron chi connectivity index (χ4n) is 3.18. The van der Waals surface area contributed by atoms with Crippen molar-refractivity contribution < 1.29 is 31.1 Å². The molecule has 0 bridgehead atoms. The van der Waals surface area contributed by atoms with Crippen LogP contribution in [0.4, 0.5) is 18.9 Å². The smallest absolute Gasteiger partial charge is 0.295 e. The van der Waals surface area contributed by atoms with Crippen molar-refractivity contribution in [3.63, 3.8) is 0 Å². The van der Waals surface area contributed by atoms with Gasteiger partial charge in [-0.2, -0.15) is 4.31 Å². The molecule has 164 valence electrons. The first-order valence-electron chi connectivity index (χ1n) is 9.22. The Kier molecular flexibility index (Phi) is 5.69. The highest BCUT2D eigenvalue weighted by atomic mass is 32.2. The average Bonchev–Trinajstić information content (AvgIpc) is 3.19. The number of sulfonamides is 1. The molecule has 1 amide bonds. The van der Waals surface area contributed by atoms with Crippen molar-refractivity contribution in [1.82, 2.24) is 14.3 Å². The van der Waals surface area contributed by atoms with Gasteiger partial charge in [0, 0.05) is 24.3 Å². The third kappa shape index (κ3) is 4.27. The molecule has 12 heteroatoms. The second kappa shape index (κ2) is 8.29. The van der Waals surface area contributed by atoms with E-state index in [1.807, 2.05) is 0 Å². The summed E-state index contributed by atoms with van der Waals surface area (Å²) in [6, 6.07) is 7.37. The Labute approximate surface area is 175 Å². The number of halogens is 3. The maximum atomic E-state index is 14.3. The van der Waals surface area contributed by atoms with Crippen LogP contribution >= 0.6 is 0 Å². The number of nitrogens with one attached hydrogen (secondary N) is 2. The van der Waals surface area contributed by atoms with Crippen molar-refractivity contribution in [1.29, 1.82) is 0 Å². The number of nitrogens with zero attached hydrogens (tertiary/aromatic N) is 2. The van der Waals surface area contributed by atoms with Gasteiger partial charge in [0.15, 0.2) is 5.82 Å². The molecule has 8 nitrogen and oxygen atoms in total. The van der Waals surface area contributed by atoms with Crippen LogP contribution in [0.3, 0.4) is 0 Å². The van der Waals surface area contributed by atoms with E-state index in [2.05, 4.69) is 15.3 Å². The number of alkyl halides is 2. The summed E-state index contributed by atoms with van der Waals surface area (Å²) < 4.78 is 71.7. The van der Waals surface area contributed by atoms with E-state index < -0.39 is 38.9 Å². The van der Waals surface area contributed by atoms with Crippen LogP contribution in [-0.2, 0) is 14.8 Å². The molecule has 0 saturated carbocycles. The largest absolute Gasteiger partial charge is 0.379 e. The number of carbonyl (C=O) groups excluding carboxylic acids is 1. The van der Waals surface area contributed by atoms with Gasteiger partial charge in [-0.1, -0.05) is 0 Å². The highest BCUT2D eigenvalue weighted by Crippen LogP contribution is 2.25. The molecule has 2 aromatic carbocycles. The quantitative estimate of drug-likeness (QED) is 0.617.